The van der Waals surface area contributed by atoms with Crippen LogP contribution in [0.4, 0.5) is 13.2 Å². The van der Waals surface area contributed by atoms with Crippen molar-refractivity contribution in [3.8, 4) is 0 Å². The molecule has 2 fully saturated rings. The standard InChI is InChI=1S/C21H30F3N3O3S/c1-16-5-6-18(15-19(16)21(22,23)24)31(29,30)27-13-7-17(8-14-27)20(28)25-9-4-12-26-10-2-3-11-26/h5-6,15,17H,2-4,7-14H2,1H3,(H,25,28). The quantitative estimate of drug-likeness (QED) is 0.634. The van der Waals surface area contributed by atoms with Crippen molar-refractivity contribution < 1.29 is 26.4 Å². The van der Waals surface area contributed by atoms with Gasteiger partial charge in [-0.3, -0.25) is 4.79 Å². The Kier molecular flexibility index (Phi) is 7.64. The lowest BCUT2D eigenvalue weighted by molar-refractivity contribution is -0.138. The van der Waals surface area contributed by atoms with E-state index in [-0.39, 0.29) is 35.4 Å². The second-order valence-corrected chi connectivity index (χ2v) is 10.3. The minimum Gasteiger partial charge on any atom is -0.356 e. The van der Waals surface area contributed by atoms with Gasteiger partial charge in [-0.1, -0.05) is 6.07 Å². The van der Waals surface area contributed by atoms with Crippen LogP contribution in [-0.4, -0.2) is 62.8 Å². The smallest absolute Gasteiger partial charge is 0.356 e. The monoisotopic (exact) mass is 461 g/mol. The molecule has 0 saturated carbocycles. The van der Waals surface area contributed by atoms with Crippen molar-refractivity contribution in [3.63, 3.8) is 0 Å². The van der Waals surface area contributed by atoms with Gasteiger partial charge < -0.3 is 10.2 Å². The first kappa shape index (κ1) is 24.0. The van der Waals surface area contributed by atoms with E-state index in [9.17, 15) is 26.4 Å². The Labute approximate surface area is 181 Å². The highest BCUT2D eigenvalue weighted by molar-refractivity contribution is 7.89. The SMILES string of the molecule is Cc1ccc(S(=O)(=O)N2CCC(C(=O)NCCCN3CCCC3)CC2)cc1C(F)(F)F. The van der Waals surface area contributed by atoms with E-state index in [1.165, 1.54) is 36.2 Å². The molecule has 0 bridgehead atoms. The number of hydrogen-bond acceptors (Lipinski definition) is 4. The maximum absolute atomic E-state index is 13.2. The number of aryl methyl sites for hydroxylation is 1. The maximum Gasteiger partial charge on any atom is 0.416 e. The van der Waals surface area contributed by atoms with Crippen molar-refractivity contribution in [1.82, 2.24) is 14.5 Å². The lowest BCUT2D eigenvalue weighted by Gasteiger charge is -2.30. The molecule has 0 aromatic heterocycles. The van der Waals surface area contributed by atoms with Crippen LogP contribution in [0.25, 0.3) is 0 Å². The fourth-order valence-electron chi connectivity index (χ4n) is 4.24. The molecule has 2 aliphatic rings. The molecule has 1 amide bonds. The van der Waals surface area contributed by atoms with E-state index >= 15 is 0 Å². The summed E-state index contributed by atoms with van der Waals surface area (Å²) in [7, 11) is -4.04. The molecule has 2 aliphatic heterocycles. The summed E-state index contributed by atoms with van der Waals surface area (Å²) in [6.07, 6.45) is -0.560. The van der Waals surface area contributed by atoms with Crippen molar-refractivity contribution in [2.24, 2.45) is 5.92 Å². The fourth-order valence-corrected chi connectivity index (χ4v) is 5.74. The van der Waals surface area contributed by atoms with E-state index < -0.39 is 21.8 Å². The Hall–Kier alpha value is -1.65. The molecule has 2 saturated heterocycles. The molecule has 6 nitrogen and oxygen atoms in total. The average Bonchev–Trinajstić information content (AvgIpc) is 3.24. The Morgan fingerprint density at radius 3 is 2.39 bits per heavy atom. The molecule has 0 aliphatic carbocycles. The number of halogens is 3. The number of rotatable bonds is 7. The van der Waals surface area contributed by atoms with Crippen LogP contribution in [0.1, 0.15) is 43.2 Å². The summed E-state index contributed by atoms with van der Waals surface area (Å²) in [5.41, 5.74) is -0.969. The van der Waals surface area contributed by atoms with E-state index in [1.54, 1.807) is 0 Å². The number of alkyl halides is 3. The number of benzene rings is 1. The minimum absolute atomic E-state index is 0.0217. The number of hydrogen-bond donors (Lipinski definition) is 1. The molecule has 1 aromatic carbocycles. The van der Waals surface area contributed by atoms with Gasteiger partial charge >= 0.3 is 6.18 Å². The summed E-state index contributed by atoms with van der Waals surface area (Å²) in [6, 6.07) is 3.08. The van der Waals surface area contributed by atoms with Gasteiger partial charge in [0.05, 0.1) is 10.5 Å². The van der Waals surface area contributed by atoms with Crippen LogP contribution in [0.2, 0.25) is 0 Å². The van der Waals surface area contributed by atoms with Crippen molar-refractivity contribution in [1.29, 1.82) is 0 Å². The summed E-state index contributed by atoms with van der Waals surface area (Å²) >= 11 is 0. The van der Waals surface area contributed by atoms with Crippen molar-refractivity contribution in [3.05, 3.63) is 29.3 Å². The average molecular weight is 462 g/mol. The summed E-state index contributed by atoms with van der Waals surface area (Å²) < 4.78 is 66.3. The first-order valence-electron chi connectivity index (χ1n) is 10.8. The summed E-state index contributed by atoms with van der Waals surface area (Å²) in [4.78, 5) is 14.4. The molecule has 174 valence electrons. The molecule has 0 unspecified atom stereocenters. The highest BCUT2D eigenvalue weighted by atomic mass is 32.2. The third-order valence-corrected chi connectivity index (χ3v) is 8.02. The molecule has 0 spiro atoms. The Balaban J connectivity index is 1.52. The molecular formula is C21H30F3N3O3S. The fraction of sp³-hybridized carbons (Fsp3) is 0.667. The molecule has 0 radical (unpaired) electrons. The largest absolute Gasteiger partial charge is 0.416 e. The number of nitrogens with zero attached hydrogens (tertiary/aromatic N) is 2. The molecule has 3 rings (SSSR count). The van der Waals surface area contributed by atoms with Gasteiger partial charge in [-0.2, -0.15) is 17.5 Å². The zero-order valence-corrected chi connectivity index (χ0v) is 18.6. The lowest BCUT2D eigenvalue weighted by atomic mass is 9.97. The highest BCUT2D eigenvalue weighted by Gasteiger charge is 2.36. The predicted octanol–water partition coefficient (Wildman–Crippen LogP) is 3.02. The first-order chi connectivity index (χ1) is 14.6. The molecular weight excluding hydrogens is 431 g/mol. The maximum atomic E-state index is 13.2. The van der Waals surface area contributed by atoms with E-state index in [4.69, 9.17) is 0 Å². The van der Waals surface area contributed by atoms with Gasteiger partial charge in [-0.15, -0.1) is 0 Å². The Bertz CT molecular complexity index is 876. The van der Waals surface area contributed by atoms with Crippen molar-refractivity contribution >= 4 is 15.9 Å². The molecule has 2 heterocycles. The van der Waals surface area contributed by atoms with Crippen LogP contribution in [0, 0.1) is 12.8 Å². The van der Waals surface area contributed by atoms with Gasteiger partial charge in [0.25, 0.3) is 0 Å². The topological polar surface area (TPSA) is 69.7 Å². The van der Waals surface area contributed by atoms with Gasteiger partial charge in [0.1, 0.15) is 0 Å². The summed E-state index contributed by atoms with van der Waals surface area (Å²) in [5.74, 6) is -0.352. The number of carbonyl (C=O) groups is 1. The number of amides is 1. The third-order valence-electron chi connectivity index (χ3n) is 6.13. The van der Waals surface area contributed by atoms with Crippen LogP contribution in [0.5, 0.6) is 0 Å². The van der Waals surface area contributed by atoms with E-state index in [2.05, 4.69) is 10.2 Å². The second kappa shape index (κ2) is 9.87. The van der Waals surface area contributed by atoms with Crippen LogP contribution in [0.3, 0.4) is 0 Å². The third kappa shape index (κ3) is 5.98. The number of likely N-dealkylation sites (tertiary alicyclic amines) is 1. The van der Waals surface area contributed by atoms with Crippen LogP contribution < -0.4 is 5.32 Å². The van der Waals surface area contributed by atoms with E-state index in [0.717, 1.165) is 26.1 Å². The number of carbonyl (C=O) groups excluding carboxylic acids is 1. The lowest BCUT2D eigenvalue weighted by Crippen LogP contribution is -2.43. The van der Waals surface area contributed by atoms with Crippen molar-refractivity contribution in [2.45, 2.75) is 50.1 Å². The minimum atomic E-state index is -4.62. The number of nitrogens with one attached hydrogen (secondary N) is 1. The van der Waals surface area contributed by atoms with Gasteiger partial charge in [0.2, 0.25) is 15.9 Å². The van der Waals surface area contributed by atoms with E-state index in [1.807, 2.05) is 0 Å². The first-order valence-corrected chi connectivity index (χ1v) is 12.2. The van der Waals surface area contributed by atoms with Crippen LogP contribution in [0.15, 0.2) is 23.1 Å². The molecule has 0 atom stereocenters. The van der Waals surface area contributed by atoms with Crippen LogP contribution >= 0.6 is 0 Å². The zero-order chi connectivity index (χ0) is 22.6. The van der Waals surface area contributed by atoms with Crippen LogP contribution in [-0.2, 0) is 21.0 Å². The van der Waals surface area contributed by atoms with Gasteiger partial charge in [0, 0.05) is 25.6 Å². The number of sulfonamides is 1. The summed E-state index contributed by atoms with van der Waals surface area (Å²) in [6.45, 7) is 5.32. The predicted molar refractivity (Wildman–Crippen MR) is 111 cm³/mol. The number of piperidine rings is 1. The molecule has 1 aromatic rings. The van der Waals surface area contributed by atoms with Crippen molar-refractivity contribution in [2.75, 3.05) is 39.3 Å². The Morgan fingerprint density at radius 2 is 1.77 bits per heavy atom. The molecule has 1 N–H and O–H groups in total. The molecule has 31 heavy (non-hydrogen) atoms. The zero-order valence-electron chi connectivity index (χ0n) is 17.7. The summed E-state index contributed by atoms with van der Waals surface area (Å²) in [5, 5.41) is 2.93. The van der Waals surface area contributed by atoms with Gasteiger partial charge in [-0.25, -0.2) is 8.42 Å². The van der Waals surface area contributed by atoms with E-state index in [0.29, 0.717) is 25.5 Å². The van der Waals surface area contributed by atoms with Gasteiger partial charge in [0.15, 0.2) is 0 Å². The molecule has 10 heteroatoms. The second-order valence-electron chi connectivity index (χ2n) is 8.35. The normalized spacial score (nSPS) is 19.6. The Morgan fingerprint density at radius 1 is 1.13 bits per heavy atom. The van der Waals surface area contributed by atoms with Gasteiger partial charge in [-0.05, 0) is 76.4 Å². The highest BCUT2D eigenvalue weighted by Crippen LogP contribution is 2.34.